The molecule has 0 bridgehead atoms. The van der Waals surface area contributed by atoms with Crippen LogP contribution in [0.25, 0.3) is 0 Å². The molecule has 0 fully saturated rings. The van der Waals surface area contributed by atoms with E-state index in [9.17, 15) is 14.4 Å². The summed E-state index contributed by atoms with van der Waals surface area (Å²) in [6, 6.07) is 1.67. The summed E-state index contributed by atoms with van der Waals surface area (Å²) in [5.74, 6) is -2.41. The smallest absolute Gasteiger partial charge is 0.580 e. The molecule has 408 valence electrons. The molecule has 0 amide bonds. The quantitative estimate of drug-likeness (QED) is 0.0337. The van der Waals surface area contributed by atoms with Crippen molar-refractivity contribution in [1.82, 2.24) is 0 Å². The van der Waals surface area contributed by atoms with Gasteiger partial charge in [-0.05, 0) is 20.8 Å². The Morgan fingerprint density at radius 3 is 0.586 bits per heavy atom. The van der Waals surface area contributed by atoms with Crippen LogP contribution in [0.5, 0.6) is 0 Å². The maximum atomic E-state index is 14.1. The van der Waals surface area contributed by atoms with Gasteiger partial charge < -0.3 is 91.0 Å². The average molecular weight is 1130 g/mol. The largest absolute Gasteiger partial charge is 1.20 e. The van der Waals surface area contributed by atoms with E-state index in [-0.39, 0.29) is 53.5 Å². The minimum absolute atomic E-state index is 0.0564. The summed E-state index contributed by atoms with van der Waals surface area (Å²) in [7, 11) is -3.99. The first kappa shape index (κ1) is 68.7. The lowest BCUT2D eigenvalue weighted by Crippen LogP contribution is -2.54. The van der Waals surface area contributed by atoms with E-state index < -0.39 is 104 Å². The zero-order valence-corrected chi connectivity index (χ0v) is 52.2. The van der Waals surface area contributed by atoms with Gasteiger partial charge in [-0.15, -0.1) is 0 Å². The van der Waals surface area contributed by atoms with Gasteiger partial charge in [0.25, 0.3) is 0 Å². The molecule has 24 nitrogen and oxygen atoms in total. The van der Waals surface area contributed by atoms with Crippen molar-refractivity contribution in [2.45, 2.75) is 117 Å². The van der Waals surface area contributed by atoms with Crippen molar-refractivity contribution in [3.05, 3.63) is 35.5 Å². The lowest BCUT2D eigenvalue weighted by molar-refractivity contribution is -0.145. The Kier molecular flexibility index (Phi) is 33.0. The Morgan fingerprint density at radius 2 is 0.471 bits per heavy atom. The molecule has 0 atom stereocenters. The summed E-state index contributed by atoms with van der Waals surface area (Å²) in [4.78, 5) is 42.4. The second kappa shape index (κ2) is 33.6. The minimum atomic E-state index is -3.69. The van der Waals surface area contributed by atoms with E-state index >= 15 is 0 Å². The van der Waals surface area contributed by atoms with Crippen LogP contribution >= 0.6 is 0 Å². The molecule has 0 aromatic heterocycles. The van der Waals surface area contributed by atoms with E-state index in [1.807, 2.05) is 0 Å². The molecule has 0 N–H and O–H groups in total. The molecule has 0 radical (unpaired) electrons. The third kappa shape index (κ3) is 20.5. The Hall–Kier alpha value is -1.26. The normalized spacial score (nSPS) is 14.0. The molecular weight excluding hydrogens is 1050 g/mol. The molecule has 0 rings (SSSR count). The number of rotatable bonds is 42. The maximum Gasteiger partial charge on any atom is 1.20 e. The summed E-state index contributed by atoms with van der Waals surface area (Å²) in [6.07, 6.45) is -1.66. The number of allylic oxidation sites excluding steroid dienone is 3. The fraction of sp³-hybridized carbons (Fsp3) is 0.769. The first-order chi connectivity index (χ1) is 33.0. The lowest BCUT2D eigenvalue weighted by Gasteiger charge is -2.34. The van der Waals surface area contributed by atoms with Gasteiger partial charge in [0.2, 0.25) is 36.2 Å². The van der Waals surface area contributed by atoms with Crippen LogP contribution in [0.4, 0.5) is 0 Å². The third-order valence-electron chi connectivity index (χ3n) is 10.6. The van der Waals surface area contributed by atoms with Gasteiger partial charge >= 0.3 is 68.0 Å². The number of carbonyl (C=O) groups excluding carboxylic acids is 3. The monoisotopic (exact) mass is 1130 g/mol. The van der Waals surface area contributed by atoms with Gasteiger partial charge in [-0.1, -0.05) is 41.5 Å². The first-order valence-corrected chi connectivity index (χ1v) is 35.4. The second-order valence-corrected chi connectivity index (χ2v) is 34.5. The molecule has 0 saturated heterocycles. The molecule has 31 heteroatoms. The molecule has 0 aliphatic rings. The van der Waals surface area contributed by atoms with E-state index in [1.54, 1.807) is 41.5 Å². The van der Waals surface area contributed by atoms with Crippen molar-refractivity contribution in [1.29, 1.82) is 0 Å². The molecule has 70 heavy (non-hydrogen) atoms. The van der Waals surface area contributed by atoms with E-state index in [0.29, 0.717) is 0 Å². The van der Waals surface area contributed by atoms with Crippen LogP contribution in [-0.4, -0.2) is 190 Å². The van der Waals surface area contributed by atoms with Gasteiger partial charge in [0, 0.05) is 140 Å². The third-order valence-corrected chi connectivity index (χ3v) is 28.4. The standard InChI is InChI=1S/3C13H28O8Si2.Al/c3*1-8-22(16-4,17-5)20-13(12(15)10-11(3)14)21-23(9-2,18-6)19-7;/h3*10,13-14H,8-9H2,1-7H3;/q;;;+3/p-3/b3*11-10+;. The van der Waals surface area contributed by atoms with Crippen molar-refractivity contribution in [3.63, 3.8) is 0 Å². The zero-order valence-electron chi connectivity index (χ0n) is 45.1. The Bertz CT molecular complexity index is 1340. The minimum Gasteiger partial charge on any atom is -0.580 e. The maximum absolute atomic E-state index is 14.1. The van der Waals surface area contributed by atoms with Crippen molar-refractivity contribution < 1.29 is 105 Å². The van der Waals surface area contributed by atoms with Crippen molar-refractivity contribution in [3.8, 4) is 0 Å². The summed E-state index contributed by atoms with van der Waals surface area (Å²) in [5, 5.41) is 0. The van der Waals surface area contributed by atoms with E-state index in [2.05, 4.69) is 0 Å². The van der Waals surface area contributed by atoms with Crippen LogP contribution in [0.1, 0.15) is 62.3 Å². The molecule has 0 aromatic rings. The molecule has 0 heterocycles. The highest BCUT2D eigenvalue weighted by Crippen LogP contribution is 2.27. The van der Waals surface area contributed by atoms with Gasteiger partial charge in [0.15, 0.2) is 0 Å². The topological polar surface area (TPSA) is 245 Å². The first-order valence-electron chi connectivity index (χ1n) is 22.4. The highest BCUT2D eigenvalue weighted by Gasteiger charge is 2.51. The molecular formula is C39H81AlO24Si6. The molecule has 0 aliphatic carbocycles. The second-order valence-electron chi connectivity index (χ2n) is 14.5. The highest BCUT2D eigenvalue weighted by atomic mass is 28.4. The van der Waals surface area contributed by atoms with E-state index in [0.717, 1.165) is 18.2 Å². The Morgan fingerprint density at radius 1 is 0.329 bits per heavy atom. The van der Waals surface area contributed by atoms with Gasteiger partial charge in [-0.3, -0.25) is 14.4 Å². The number of ketones is 3. The van der Waals surface area contributed by atoms with Gasteiger partial charge in [0.05, 0.1) is 17.3 Å². The number of carbonyl (C=O) groups is 3. The number of hydrogen-bond acceptors (Lipinski definition) is 24. The van der Waals surface area contributed by atoms with E-state index in [1.165, 1.54) is 106 Å². The van der Waals surface area contributed by atoms with Crippen LogP contribution in [-0.2, 0) is 105 Å². The van der Waals surface area contributed by atoms with E-state index in [4.69, 9.17) is 91.0 Å². The fourth-order valence-electron chi connectivity index (χ4n) is 6.14. The number of hydrogen-bond donors (Lipinski definition) is 0. The Balaban J connectivity index is 7.73. The van der Waals surface area contributed by atoms with Crippen molar-refractivity contribution >= 4 is 85.3 Å². The molecule has 0 aliphatic heterocycles. The van der Waals surface area contributed by atoms with Crippen molar-refractivity contribution in [2.24, 2.45) is 0 Å². The zero-order chi connectivity index (χ0) is 54.0. The van der Waals surface area contributed by atoms with Crippen molar-refractivity contribution in [2.75, 3.05) is 85.3 Å². The van der Waals surface area contributed by atoms with Crippen LogP contribution in [0, 0.1) is 0 Å². The van der Waals surface area contributed by atoms with Crippen LogP contribution in [0.3, 0.4) is 0 Å². The highest BCUT2D eigenvalue weighted by molar-refractivity contribution is 6.63. The summed E-state index contributed by atoms with van der Waals surface area (Å²) in [5.41, 5.74) is 0. The average Bonchev–Trinajstić information content (AvgIpc) is 3.37. The molecule has 0 saturated carbocycles. The molecule has 0 aromatic carbocycles. The van der Waals surface area contributed by atoms with Gasteiger partial charge in [0.1, 0.15) is 0 Å². The predicted octanol–water partition coefficient (Wildman–Crippen LogP) is 5.03. The summed E-state index contributed by atoms with van der Waals surface area (Å²) >= 11 is -3.69. The SMILES string of the molecule is CC[Si](OC)(OC)OC(O[Si](CC)(OC)OC)C(=O)/C=C(\C)[O][Al]([O]/C(C)=C/C(=O)C(O[Si](CC)(OC)OC)O[Si](CC)(OC)OC)[O]/C(C)=C/C(=O)C(O[Si](CC)(OC)OC)O[Si](CC)(OC)OC. The van der Waals surface area contributed by atoms with Gasteiger partial charge in [-0.2, -0.15) is 0 Å². The van der Waals surface area contributed by atoms with Gasteiger partial charge in [-0.25, -0.2) is 0 Å². The van der Waals surface area contributed by atoms with Crippen LogP contribution in [0.15, 0.2) is 35.5 Å². The summed E-state index contributed by atoms with van der Waals surface area (Å²) < 4.78 is 123. The molecule has 0 unspecified atom stereocenters. The van der Waals surface area contributed by atoms with Crippen LogP contribution < -0.4 is 0 Å². The summed E-state index contributed by atoms with van der Waals surface area (Å²) in [6.45, 7) is 15.0. The lowest BCUT2D eigenvalue weighted by atomic mass is 10.3. The fourth-order valence-corrected chi connectivity index (χ4v) is 17.3. The molecule has 0 spiro atoms. The predicted molar refractivity (Wildman–Crippen MR) is 265 cm³/mol. The Labute approximate surface area is 427 Å². The van der Waals surface area contributed by atoms with Crippen LogP contribution in [0.2, 0.25) is 36.3 Å².